The Hall–Kier alpha value is -2.65. The molecule has 1 aromatic carbocycles. The molecule has 0 radical (unpaired) electrons. The van der Waals surface area contributed by atoms with Gasteiger partial charge in [0, 0.05) is 10.5 Å². The summed E-state index contributed by atoms with van der Waals surface area (Å²) in [6, 6.07) is 11.3. The van der Waals surface area contributed by atoms with E-state index in [4.69, 9.17) is 5.26 Å². The van der Waals surface area contributed by atoms with Crippen molar-refractivity contribution in [3.05, 3.63) is 53.3 Å². The van der Waals surface area contributed by atoms with Crippen LogP contribution in [0.15, 0.2) is 41.4 Å². The first-order chi connectivity index (χ1) is 11.7. The van der Waals surface area contributed by atoms with E-state index in [1.54, 1.807) is 10.9 Å². The molecular formula is C18H16N4OS. The highest BCUT2D eigenvalue weighted by Gasteiger charge is 2.21. The summed E-state index contributed by atoms with van der Waals surface area (Å²) in [5, 5.41) is 14.0. The number of carbonyl (C=O) groups is 1. The standard InChI is InChI=1S/C18H16N4OS/c1-12-15(16(23)13-7-4-3-5-8-13)17(24-2)14-11-20-22(10-6-9-19)18(14)21-12/h3-5,7-8,11H,6,10H2,1-2H3. The number of carbonyl (C=O) groups excluding carboxylic acids is 1. The molecule has 6 heteroatoms. The monoisotopic (exact) mass is 336 g/mol. The highest BCUT2D eigenvalue weighted by molar-refractivity contribution is 7.99. The fourth-order valence-corrected chi connectivity index (χ4v) is 3.51. The van der Waals surface area contributed by atoms with Crippen LogP contribution in [0.25, 0.3) is 11.0 Å². The Morgan fingerprint density at radius 3 is 2.75 bits per heavy atom. The van der Waals surface area contributed by atoms with Gasteiger partial charge in [0.05, 0.1) is 41.9 Å². The molecule has 0 saturated carbocycles. The van der Waals surface area contributed by atoms with Crippen LogP contribution in [0.4, 0.5) is 0 Å². The van der Waals surface area contributed by atoms with Crippen molar-refractivity contribution in [2.45, 2.75) is 24.8 Å². The van der Waals surface area contributed by atoms with Gasteiger partial charge in [0.2, 0.25) is 0 Å². The van der Waals surface area contributed by atoms with Gasteiger partial charge in [-0.2, -0.15) is 10.4 Å². The van der Waals surface area contributed by atoms with Gasteiger partial charge in [-0.1, -0.05) is 30.3 Å². The number of nitriles is 1. The molecule has 0 saturated heterocycles. The Morgan fingerprint density at radius 2 is 2.08 bits per heavy atom. The molecule has 0 spiro atoms. The smallest absolute Gasteiger partial charge is 0.196 e. The average Bonchev–Trinajstić information content (AvgIpc) is 3.01. The number of hydrogen-bond donors (Lipinski definition) is 0. The zero-order valence-electron chi connectivity index (χ0n) is 13.5. The molecule has 0 fully saturated rings. The molecule has 0 N–H and O–H groups in total. The SMILES string of the molecule is CSc1c(C(=O)c2ccccc2)c(C)nc2c1cnn2CCC#N. The Labute approximate surface area is 144 Å². The minimum Gasteiger partial charge on any atom is -0.288 e. The van der Waals surface area contributed by atoms with Gasteiger partial charge in [-0.15, -0.1) is 11.8 Å². The van der Waals surface area contributed by atoms with Crippen LogP contribution in [0.3, 0.4) is 0 Å². The molecule has 0 atom stereocenters. The summed E-state index contributed by atoms with van der Waals surface area (Å²) in [6.45, 7) is 2.34. The van der Waals surface area contributed by atoms with Crippen LogP contribution in [-0.2, 0) is 6.54 Å². The molecule has 0 amide bonds. The topological polar surface area (TPSA) is 71.6 Å². The molecule has 24 heavy (non-hydrogen) atoms. The van der Waals surface area contributed by atoms with Gasteiger partial charge in [0.15, 0.2) is 11.4 Å². The third-order valence-electron chi connectivity index (χ3n) is 3.82. The van der Waals surface area contributed by atoms with Crippen molar-refractivity contribution in [3.8, 4) is 6.07 Å². The van der Waals surface area contributed by atoms with Crippen LogP contribution < -0.4 is 0 Å². The molecule has 120 valence electrons. The summed E-state index contributed by atoms with van der Waals surface area (Å²) < 4.78 is 1.72. The summed E-state index contributed by atoms with van der Waals surface area (Å²) in [6.07, 6.45) is 4.05. The van der Waals surface area contributed by atoms with E-state index < -0.39 is 0 Å². The second-order valence-electron chi connectivity index (χ2n) is 5.31. The zero-order chi connectivity index (χ0) is 17.1. The van der Waals surface area contributed by atoms with Gasteiger partial charge >= 0.3 is 0 Å². The molecule has 0 bridgehead atoms. The fraction of sp³-hybridized carbons (Fsp3) is 0.222. The minimum atomic E-state index is -0.0309. The number of fused-ring (bicyclic) bond motifs is 1. The van der Waals surface area contributed by atoms with Gasteiger partial charge in [-0.05, 0) is 13.2 Å². The highest BCUT2D eigenvalue weighted by Crippen LogP contribution is 2.32. The third-order valence-corrected chi connectivity index (χ3v) is 4.65. The number of rotatable bonds is 5. The summed E-state index contributed by atoms with van der Waals surface area (Å²) in [7, 11) is 0. The van der Waals surface area contributed by atoms with E-state index in [1.165, 1.54) is 11.8 Å². The quantitative estimate of drug-likeness (QED) is 0.526. The average molecular weight is 336 g/mol. The third kappa shape index (κ3) is 2.79. The molecule has 0 aliphatic rings. The molecule has 2 heterocycles. The number of thioether (sulfide) groups is 1. The number of hydrogen-bond acceptors (Lipinski definition) is 5. The van der Waals surface area contributed by atoms with Gasteiger partial charge in [0.25, 0.3) is 0 Å². The van der Waals surface area contributed by atoms with E-state index in [0.29, 0.717) is 29.8 Å². The van der Waals surface area contributed by atoms with Gasteiger partial charge in [0.1, 0.15) is 0 Å². The van der Waals surface area contributed by atoms with Gasteiger partial charge in [-0.3, -0.25) is 4.79 Å². The maximum atomic E-state index is 12.9. The Bertz CT molecular complexity index is 941. The first kappa shape index (κ1) is 16.2. The maximum Gasteiger partial charge on any atom is 0.196 e. The summed E-state index contributed by atoms with van der Waals surface area (Å²) >= 11 is 1.52. The van der Waals surface area contributed by atoms with E-state index >= 15 is 0 Å². The first-order valence-electron chi connectivity index (χ1n) is 7.54. The first-order valence-corrected chi connectivity index (χ1v) is 8.76. The van der Waals surface area contributed by atoms with E-state index in [2.05, 4.69) is 16.2 Å². The van der Waals surface area contributed by atoms with E-state index in [0.717, 1.165) is 15.9 Å². The van der Waals surface area contributed by atoms with E-state index in [9.17, 15) is 4.79 Å². The van der Waals surface area contributed by atoms with Crippen LogP contribution in [0.2, 0.25) is 0 Å². The molecule has 3 aromatic rings. The van der Waals surface area contributed by atoms with Crippen molar-refractivity contribution >= 4 is 28.6 Å². The molecule has 0 aliphatic heterocycles. The largest absolute Gasteiger partial charge is 0.288 e. The number of aryl methyl sites for hydroxylation is 2. The lowest BCUT2D eigenvalue weighted by molar-refractivity contribution is 0.103. The normalized spacial score (nSPS) is 10.7. The van der Waals surface area contributed by atoms with Crippen LogP contribution in [0.1, 0.15) is 28.0 Å². The van der Waals surface area contributed by atoms with Gasteiger partial charge in [-0.25, -0.2) is 9.67 Å². The van der Waals surface area contributed by atoms with Gasteiger partial charge < -0.3 is 0 Å². The van der Waals surface area contributed by atoms with Crippen molar-refractivity contribution < 1.29 is 4.79 Å². The van der Waals surface area contributed by atoms with Crippen molar-refractivity contribution in [1.29, 1.82) is 5.26 Å². The zero-order valence-corrected chi connectivity index (χ0v) is 14.3. The number of pyridine rings is 1. The van der Waals surface area contributed by atoms with E-state index in [-0.39, 0.29) is 5.78 Å². The van der Waals surface area contributed by atoms with Crippen LogP contribution in [-0.4, -0.2) is 26.8 Å². The second kappa shape index (κ2) is 6.85. The molecule has 2 aromatic heterocycles. The predicted octanol–water partition coefficient (Wildman–Crippen LogP) is 3.61. The Balaban J connectivity index is 2.17. The van der Waals surface area contributed by atoms with Crippen LogP contribution in [0.5, 0.6) is 0 Å². The lowest BCUT2D eigenvalue weighted by Gasteiger charge is -2.11. The fourth-order valence-electron chi connectivity index (χ4n) is 2.70. The summed E-state index contributed by atoms with van der Waals surface area (Å²) in [5.41, 5.74) is 2.67. The van der Waals surface area contributed by atoms with Crippen LogP contribution in [0, 0.1) is 18.3 Å². The summed E-state index contributed by atoms with van der Waals surface area (Å²) in [4.78, 5) is 18.4. The van der Waals surface area contributed by atoms with E-state index in [1.807, 2.05) is 43.5 Å². The Morgan fingerprint density at radius 1 is 1.33 bits per heavy atom. The number of ketones is 1. The number of benzene rings is 1. The van der Waals surface area contributed by atoms with Crippen molar-refractivity contribution in [1.82, 2.24) is 14.8 Å². The number of nitrogens with zero attached hydrogens (tertiary/aromatic N) is 4. The van der Waals surface area contributed by atoms with Crippen LogP contribution >= 0.6 is 11.8 Å². The predicted molar refractivity (Wildman–Crippen MR) is 94.2 cm³/mol. The Kier molecular flexibility index (Phi) is 4.63. The molecule has 0 aliphatic carbocycles. The maximum absolute atomic E-state index is 12.9. The minimum absolute atomic E-state index is 0.0309. The lowest BCUT2D eigenvalue weighted by atomic mass is 10.0. The molecule has 3 rings (SSSR count). The molecule has 5 nitrogen and oxygen atoms in total. The van der Waals surface area contributed by atoms with Crippen molar-refractivity contribution in [2.24, 2.45) is 0 Å². The van der Waals surface area contributed by atoms with Crippen molar-refractivity contribution in [3.63, 3.8) is 0 Å². The highest BCUT2D eigenvalue weighted by atomic mass is 32.2. The molecule has 0 unspecified atom stereocenters. The van der Waals surface area contributed by atoms with Crippen molar-refractivity contribution in [2.75, 3.05) is 6.26 Å². The second-order valence-corrected chi connectivity index (χ2v) is 6.13. The lowest BCUT2D eigenvalue weighted by Crippen LogP contribution is -2.09. The number of aromatic nitrogens is 3. The molecular weight excluding hydrogens is 320 g/mol. The summed E-state index contributed by atoms with van der Waals surface area (Å²) in [5.74, 6) is -0.0309.